The van der Waals surface area contributed by atoms with Crippen molar-refractivity contribution in [1.29, 1.82) is 0 Å². The van der Waals surface area contributed by atoms with Crippen LogP contribution in [0.25, 0.3) is 0 Å². The Morgan fingerprint density at radius 3 is 2.72 bits per heavy atom. The third kappa shape index (κ3) is 6.80. The number of hydrogen-bond acceptors (Lipinski definition) is 4. The molecule has 0 aliphatic rings. The van der Waals surface area contributed by atoms with E-state index >= 15 is 0 Å². The molecule has 0 bridgehead atoms. The number of nitrogens with zero attached hydrogens (tertiary/aromatic N) is 2. The molecular formula is C22H22FN3O2S. The molecule has 0 fully saturated rings. The second kappa shape index (κ2) is 10.5. The van der Waals surface area contributed by atoms with Crippen molar-refractivity contribution < 1.29 is 13.9 Å². The van der Waals surface area contributed by atoms with Gasteiger partial charge in [0.2, 0.25) is 0 Å². The largest absolute Gasteiger partial charge is 0.492 e. The molecule has 0 radical (unpaired) electrons. The molecular weight excluding hydrogens is 389 g/mol. The highest BCUT2D eigenvalue weighted by Crippen LogP contribution is 2.22. The van der Waals surface area contributed by atoms with Gasteiger partial charge in [-0.15, -0.1) is 11.8 Å². The van der Waals surface area contributed by atoms with Crippen molar-refractivity contribution in [2.45, 2.75) is 10.8 Å². The van der Waals surface area contributed by atoms with E-state index in [1.807, 2.05) is 42.5 Å². The molecule has 2 aromatic carbocycles. The lowest BCUT2D eigenvalue weighted by molar-refractivity contribution is 0.207. The fourth-order valence-electron chi connectivity index (χ4n) is 2.48. The maximum Gasteiger partial charge on any atom is 0.321 e. The Labute approximate surface area is 173 Å². The van der Waals surface area contributed by atoms with E-state index in [4.69, 9.17) is 4.74 Å². The molecule has 0 unspecified atom stereocenters. The topological polar surface area (TPSA) is 54.5 Å². The summed E-state index contributed by atoms with van der Waals surface area (Å²) in [7, 11) is 1.70. The fourth-order valence-corrected chi connectivity index (χ4v) is 3.28. The first-order chi connectivity index (χ1) is 14.1. The first kappa shape index (κ1) is 20.7. The molecule has 2 amide bonds. The molecule has 0 saturated carbocycles. The first-order valence-electron chi connectivity index (χ1n) is 9.13. The number of hydrogen-bond donors (Lipinski definition) is 1. The minimum absolute atomic E-state index is 0.220. The highest BCUT2D eigenvalue weighted by atomic mass is 32.2. The molecule has 150 valence electrons. The summed E-state index contributed by atoms with van der Waals surface area (Å²) in [6.07, 6.45) is 1.77. The van der Waals surface area contributed by atoms with Gasteiger partial charge in [0, 0.05) is 24.7 Å². The van der Waals surface area contributed by atoms with E-state index in [9.17, 15) is 9.18 Å². The summed E-state index contributed by atoms with van der Waals surface area (Å²) in [5, 5.41) is 3.85. The molecule has 3 aromatic rings. The molecule has 29 heavy (non-hydrogen) atoms. The maximum atomic E-state index is 12.9. The van der Waals surface area contributed by atoms with Gasteiger partial charge >= 0.3 is 6.03 Å². The smallest absolute Gasteiger partial charge is 0.321 e. The molecule has 7 heteroatoms. The normalized spacial score (nSPS) is 10.4. The summed E-state index contributed by atoms with van der Waals surface area (Å²) >= 11 is 1.64. The van der Waals surface area contributed by atoms with Crippen LogP contribution in [0.15, 0.2) is 78.0 Å². The number of pyridine rings is 1. The Bertz CT molecular complexity index is 923. The number of likely N-dealkylation sites (N-methyl/N-ethyl adjacent to an activating group) is 1. The van der Waals surface area contributed by atoms with Gasteiger partial charge in [-0.1, -0.05) is 18.2 Å². The lowest BCUT2D eigenvalue weighted by atomic mass is 10.2. The number of benzene rings is 2. The zero-order valence-corrected chi connectivity index (χ0v) is 16.9. The predicted molar refractivity (Wildman–Crippen MR) is 114 cm³/mol. The third-order valence-corrected chi connectivity index (χ3v) is 5.07. The Hall–Kier alpha value is -3.06. The van der Waals surface area contributed by atoms with E-state index < -0.39 is 0 Å². The molecule has 1 heterocycles. The van der Waals surface area contributed by atoms with Crippen LogP contribution in [0.3, 0.4) is 0 Å². The predicted octanol–water partition coefficient (Wildman–Crippen LogP) is 5.06. The van der Waals surface area contributed by atoms with Crippen LogP contribution in [0, 0.1) is 5.82 Å². The lowest BCUT2D eigenvalue weighted by Crippen LogP contribution is -2.34. The Balaban J connectivity index is 1.45. The van der Waals surface area contributed by atoms with Gasteiger partial charge < -0.3 is 15.0 Å². The summed E-state index contributed by atoms with van der Waals surface area (Å²) in [6, 6.07) is 19.1. The minimum atomic E-state index is -0.311. The van der Waals surface area contributed by atoms with Gasteiger partial charge in [0.25, 0.3) is 0 Å². The van der Waals surface area contributed by atoms with Crippen LogP contribution in [-0.2, 0) is 5.75 Å². The number of nitrogens with one attached hydrogen (secondary N) is 1. The number of ether oxygens (including phenoxy) is 1. The van der Waals surface area contributed by atoms with Crippen LogP contribution < -0.4 is 10.1 Å². The van der Waals surface area contributed by atoms with Crippen molar-refractivity contribution in [3.8, 4) is 5.75 Å². The Kier molecular flexibility index (Phi) is 7.47. The van der Waals surface area contributed by atoms with E-state index in [0.29, 0.717) is 18.9 Å². The van der Waals surface area contributed by atoms with Crippen molar-refractivity contribution in [2.24, 2.45) is 0 Å². The van der Waals surface area contributed by atoms with E-state index in [-0.39, 0.29) is 11.8 Å². The van der Waals surface area contributed by atoms with Gasteiger partial charge in [-0.2, -0.15) is 0 Å². The fraction of sp³-hybridized carbons (Fsp3) is 0.182. The van der Waals surface area contributed by atoms with Crippen molar-refractivity contribution >= 4 is 23.5 Å². The zero-order chi connectivity index (χ0) is 20.5. The SMILES string of the molecule is CN(CCOc1ccc(F)cc1)C(=O)Nc1cccc(CSc2ccccn2)c1. The number of rotatable bonds is 8. The van der Waals surface area contributed by atoms with E-state index in [2.05, 4.69) is 10.3 Å². The molecule has 1 aromatic heterocycles. The molecule has 0 atom stereocenters. The van der Waals surface area contributed by atoms with Crippen LogP contribution >= 0.6 is 11.8 Å². The Morgan fingerprint density at radius 2 is 1.97 bits per heavy atom. The molecule has 3 rings (SSSR count). The first-order valence-corrected chi connectivity index (χ1v) is 10.1. The van der Waals surface area contributed by atoms with E-state index in [1.165, 1.54) is 12.1 Å². The van der Waals surface area contributed by atoms with E-state index in [0.717, 1.165) is 22.0 Å². The highest BCUT2D eigenvalue weighted by Gasteiger charge is 2.09. The van der Waals surface area contributed by atoms with Crippen LogP contribution in [0.2, 0.25) is 0 Å². The van der Waals surface area contributed by atoms with Crippen molar-refractivity contribution in [3.05, 3.63) is 84.3 Å². The van der Waals surface area contributed by atoms with E-state index in [1.54, 1.807) is 42.0 Å². The molecule has 1 N–H and O–H groups in total. The average Bonchev–Trinajstić information content (AvgIpc) is 2.74. The van der Waals surface area contributed by atoms with Gasteiger partial charge in [0.15, 0.2) is 0 Å². The van der Waals surface area contributed by atoms with Gasteiger partial charge in [0.1, 0.15) is 18.2 Å². The second-order valence-electron chi connectivity index (χ2n) is 6.31. The third-order valence-electron chi connectivity index (χ3n) is 4.06. The number of urea groups is 1. The number of carbonyl (C=O) groups excluding carboxylic acids is 1. The monoisotopic (exact) mass is 411 g/mol. The Morgan fingerprint density at radius 1 is 1.14 bits per heavy atom. The molecule has 5 nitrogen and oxygen atoms in total. The molecule has 0 spiro atoms. The summed E-state index contributed by atoms with van der Waals surface area (Å²) in [6.45, 7) is 0.717. The summed E-state index contributed by atoms with van der Waals surface area (Å²) < 4.78 is 18.4. The zero-order valence-electron chi connectivity index (χ0n) is 16.0. The molecule has 0 saturated heterocycles. The van der Waals surface area contributed by atoms with Crippen LogP contribution in [0.5, 0.6) is 5.75 Å². The summed E-state index contributed by atoms with van der Waals surface area (Å²) in [5.74, 6) is 1.02. The quantitative estimate of drug-likeness (QED) is 0.527. The number of halogens is 1. The number of thioether (sulfide) groups is 1. The van der Waals surface area contributed by atoms with Crippen LogP contribution in [0.1, 0.15) is 5.56 Å². The minimum Gasteiger partial charge on any atom is -0.492 e. The molecule has 0 aliphatic heterocycles. The number of amides is 2. The number of carbonyl (C=O) groups is 1. The van der Waals surface area contributed by atoms with Crippen LogP contribution in [-0.4, -0.2) is 36.1 Å². The van der Waals surface area contributed by atoms with Crippen molar-refractivity contribution in [3.63, 3.8) is 0 Å². The van der Waals surface area contributed by atoms with Crippen LogP contribution in [0.4, 0.5) is 14.9 Å². The summed E-state index contributed by atoms with van der Waals surface area (Å²) in [4.78, 5) is 18.2. The van der Waals surface area contributed by atoms with Crippen molar-refractivity contribution in [2.75, 3.05) is 25.5 Å². The standard InChI is InChI=1S/C22H22FN3O2S/c1-26(13-14-28-20-10-8-18(23)9-11-20)22(27)25-19-6-4-5-17(15-19)16-29-21-7-2-3-12-24-21/h2-12,15H,13-14,16H2,1H3,(H,25,27). The second-order valence-corrected chi connectivity index (χ2v) is 7.31. The van der Waals surface area contributed by atoms with Gasteiger partial charge in [-0.05, 0) is 54.1 Å². The number of aromatic nitrogens is 1. The maximum absolute atomic E-state index is 12.9. The average molecular weight is 412 g/mol. The molecule has 0 aliphatic carbocycles. The van der Waals surface area contributed by atoms with Crippen molar-refractivity contribution in [1.82, 2.24) is 9.88 Å². The lowest BCUT2D eigenvalue weighted by Gasteiger charge is -2.18. The highest BCUT2D eigenvalue weighted by molar-refractivity contribution is 7.98. The van der Waals surface area contributed by atoms with Gasteiger partial charge in [-0.3, -0.25) is 0 Å². The van der Waals surface area contributed by atoms with Gasteiger partial charge in [-0.25, -0.2) is 14.2 Å². The number of anilines is 1. The summed E-state index contributed by atoms with van der Waals surface area (Å²) in [5.41, 5.74) is 1.83. The van der Waals surface area contributed by atoms with Gasteiger partial charge in [0.05, 0.1) is 11.6 Å².